The molecule has 92 valence electrons. The van der Waals surface area contributed by atoms with Gasteiger partial charge in [-0.15, -0.1) is 0 Å². The molecule has 1 atom stereocenters. The van der Waals surface area contributed by atoms with Gasteiger partial charge >= 0.3 is 0 Å². The largest absolute Gasteiger partial charge is 0.508 e. The number of rotatable bonds is 5. The zero-order valence-electron chi connectivity index (χ0n) is 10.3. The first-order valence-corrected chi connectivity index (χ1v) is 5.49. The lowest BCUT2D eigenvalue weighted by Crippen LogP contribution is -2.27. The van der Waals surface area contributed by atoms with Gasteiger partial charge in [-0.2, -0.15) is 0 Å². The predicted octanol–water partition coefficient (Wildman–Crippen LogP) is 1.69. The van der Waals surface area contributed by atoms with E-state index in [1.807, 2.05) is 19.1 Å². The van der Waals surface area contributed by atoms with Crippen molar-refractivity contribution < 1.29 is 9.90 Å². The number of phenolic OH excluding ortho intramolecular Hbond substituents is 1. The zero-order chi connectivity index (χ0) is 12.8. The third-order valence-corrected chi connectivity index (χ3v) is 2.39. The van der Waals surface area contributed by atoms with Gasteiger partial charge in [-0.3, -0.25) is 4.79 Å². The summed E-state index contributed by atoms with van der Waals surface area (Å²) in [7, 11) is 1.74. The van der Waals surface area contributed by atoms with Gasteiger partial charge in [-0.05, 0) is 19.9 Å². The first-order valence-electron chi connectivity index (χ1n) is 5.49. The third kappa shape index (κ3) is 3.83. The van der Waals surface area contributed by atoms with E-state index in [-0.39, 0.29) is 17.6 Å². The Hall–Kier alpha value is -1.97. The van der Waals surface area contributed by atoms with Crippen molar-refractivity contribution in [3.8, 4) is 5.75 Å². The maximum atomic E-state index is 11.0. The molecule has 0 saturated heterocycles. The molecule has 0 bridgehead atoms. The molecule has 17 heavy (non-hydrogen) atoms. The monoisotopic (exact) mass is 234 g/mol. The zero-order valence-corrected chi connectivity index (χ0v) is 10.3. The summed E-state index contributed by atoms with van der Waals surface area (Å²) in [5, 5.41) is 15.7. The fourth-order valence-electron chi connectivity index (χ4n) is 1.55. The van der Waals surface area contributed by atoms with E-state index in [1.54, 1.807) is 19.2 Å². The second kappa shape index (κ2) is 5.94. The number of ketones is 1. The quantitative estimate of drug-likeness (QED) is 0.678. The summed E-state index contributed by atoms with van der Waals surface area (Å²) < 4.78 is 0. The molecule has 0 amide bonds. The van der Waals surface area contributed by atoms with Crippen molar-refractivity contribution >= 4 is 5.78 Å². The minimum atomic E-state index is -0.0887. The van der Waals surface area contributed by atoms with Crippen LogP contribution in [-0.2, 0) is 4.79 Å². The van der Waals surface area contributed by atoms with Crippen LogP contribution in [0.3, 0.4) is 0 Å². The molecular weight excluding hydrogens is 216 g/mol. The highest BCUT2D eigenvalue weighted by Crippen LogP contribution is 2.23. The smallest absolute Gasteiger partial charge is 0.156 e. The maximum Gasteiger partial charge on any atom is 0.156 e. The minimum Gasteiger partial charge on any atom is -0.508 e. The Labute approximate surface area is 101 Å². The fraction of sp³-hybridized carbons (Fsp3) is 0.308. The first kappa shape index (κ1) is 13.1. The van der Waals surface area contributed by atoms with Crippen LogP contribution in [0.1, 0.15) is 25.5 Å². The number of hydrogen-bond donors (Lipinski definition) is 3. The van der Waals surface area contributed by atoms with E-state index in [4.69, 9.17) is 0 Å². The summed E-state index contributed by atoms with van der Waals surface area (Å²) >= 11 is 0. The number of hydrogen-bond acceptors (Lipinski definition) is 4. The molecule has 4 heteroatoms. The van der Waals surface area contributed by atoms with Gasteiger partial charge < -0.3 is 15.7 Å². The molecule has 0 aromatic heterocycles. The lowest BCUT2D eigenvalue weighted by atomic mass is 10.1. The molecule has 3 N–H and O–H groups in total. The lowest BCUT2D eigenvalue weighted by molar-refractivity contribution is -0.112. The van der Waals surface area contributed by atoms with Crippen molar-refractivity contribution in [3.63, 3.8) is 0 Å². The molecule has 0 fully saturated rings. The molecule has 0 aliphatic heterocycles. The molecule has 0 saturated carbocycles. The van der Waals surface area contributed by atoms with Crippen LogP contribution < -0.4 is 10.6 Å². The van der Waals surface area contributed by atoms with Gasteiger partial charge in [0, 0.05) is 18.7 Å². The molecule has 0 heterocycles. The van der Waals surface area contributed by atoms with E-state index < -0.39 is 0 Å². The Bertz CT molecular complexity index is 427. The number of carbonyl (C=O) groups is 1. The number of allylic oxidation sites excluding steroid dienone is 1. The van der Waals surface area contributed by atoms with Gasteiger partial charge in [0.25, 0.3) is 0 Å². The third-order valence-electron chi connectivity index (χ3n) is 2.39. The van der Waals surface area contributed by atoms with Crippen molar-refractivity contribution in [2.45, 2.75) is 19.9 Å². The van der Waals surface area contributed by atoms with Crippen molar-refractivity contribution in [1.29, 1.82) is 0 Å². The standard InChI is InChI=1S/C13H18N2O2/c1-9(16)8-13(14-3)15-10(2)11-6-4-5-7-12(11)17/h4-8,10,14-15,17H,1-3H3/b13-8+. The Kier molecular flexibility index (Phi) is 4.57. The molecule has 1 rings (SSSR count). The Morgan fingerprint density at radius 1 is 1.41 bits per heavy atom. The molecule has 0 aliphatic carbocycles. The first-order chi connectivity index (χ1) is 8.04. The second-order valence-corrected chi connectivity index (χ2v) is 3.84. The Morgan fingerprint density at radius 3 is 2.59 bits per heavy atom. The average Bonchev–Trinajstić information content (AvgIpc) is 2.27. The van der Waals surface area contributed by atoms with Gasteiger partial charge in [0.2, 0.25) is 0 Å². The number of aromatic hydroxyl groups is 1. The van der Waals surface area contributed by atoms with Crippen molar-refractivity contribution in [3.05, 3.63) is 41.7 Å². The van der Waals surface area contributed by atoms with Gasteiger partial charge in [0.1, 0.15) is 11.6 Å². The Morgan fingerprint density at radius 2 is 2.06 bits per heavy atom. The summed E-state index contributed by atoms with van der Waals surface area (Å²) in [6.45, 7) is 3.41. The molecule has 1 aromatic rings. The van der Waals surface area contributed by atoms with Crippen LogP contribution in [0.15, 0.2) is 36.2 Å². The summed E-state index contributed by atoms with van der Waals surface area (Å²) in [6.07, 6.45) is 1.48. The maximum absolute atomic E-state index is 11.0. The van der Waals surface area contributed by atoms with Crippen LogP contribution in [0, 0.1) is 0 Å². The normalized spacial score (nSPS) is 13.0. The van der Waals surface area contributed by atoms with Crippen LogP contribution in [0.5, 0.6) is 5.75 Å². The van der Waals surface area contributed by atoms with Crippen molar-refractivity contribution in [1.82, 2.24) is 10.6 Å². The van der Waals surface area contributed by atoms with E-state index in [9.17, 15) is 9.90 Å². The van der Waals surface area contributed by atoms with Crippen molar-refractivity contribution in [2.24, 2.45) is 0 Å². The minimum absolute atomic E-state index is 0.0358. The highest BCUT2D eigenvalue weighted by molar-refractivity contribution is 5.87. The summed E-state index contributed by atoms with van der Waals surface area (Å²) in [5.41, 5.74) is 0.789. The SMILES string of the molecule is CN/C(=C\C(C)=O)NC(C)c1ccccc1O. The van der Waals surface area contributed by atoms with E-state index in [2.05, 4.69) is 10.6 Å². The number of benzene rings is 1. The predicted molar refractivity (Wildman–Crippen MR) is 67.5 cm³/mol. The lowest BCUT2D eigenvalue weighted by Gasteiger charge is -2.18. The van der Waals surface area contributed by atoms with Gasteiger partial charge in [0.05, 0.1) is 6.04 Å². The summed E-state index contributed by atoms with van der Waals surface area (Å²) in [4.78, 5) is 11.0. The molecular formula is C13H18N2O2. The van der Waals surface area contributed by atoms with E-state index in [0.717, 1.165) is 5.56 Å². The second-order valence-electron chi connectivity index (χ2n) is 3.84. The number of phenols is 1. The van der Waals surface area contributed by atoms with Gasteiger partial charge in [-0.1, -0.05) is 18.2 Å². The summed E-state index contributed by atoms with van der Waals surface area (Å²) in [5.74, 6) is 0.838. The van der Waals surface area contributed by atoms with Crippen molar-refractivity contribution in [2.75, 3.05) is 7.05 Å². The topological polar surface area (TPSA) is 61.4 Å². The van der Waals surface area contributed by atoms with E-state index in [0.29, 0.717) is 5.82 Å². The molecule has 4 nitrogen and oxygen atoms in total. The molecule has 1 aromatic carbocycles. The number of para-hydroxylation sites is 1. The average molecular weight is 234 g/mol. The van der Waals surface area contributed by atoms with Crippen LogP contribution in [0.4, 0.5) is 0 Å². The fourth-order valence-corrected chi connectivity index (χ4v) is 1.55. The molecule has 1 unspecified atom stereocenters. The summed E-state index contributed by atoms with van der Waals surface area (Å²) in [6, 6.07) is 7.03. The van der Waals surface area contributed by atoms with E-state index >= 15 is 0 Å². The van der Waals surface area contributed by atoms with Crippen LogP contribution in [0.2, 0.25) is 0 Å². The molecule has 0 spiro atoms. The molecule has 0 aliphatic rings. The van der Waals surface area contributed by atoms with E-state index in [1.165, 1.54) is 13.0 Å². The number of carbonyl (C=O) groups excluding carboxylic acids is 1. The molecule has 0 radical (unpaired) electrons. The highest BCUT2D eigenvalue weighted by Gasteiger charge is 2.10. The van der Waals surface area contributed by atoms with Crippen LogP contribution in [-0.4, -0.2) is 17.9 Å². The Balaban J connectivity index is 2.82. The number of nitrogens with one attached hydrogen (secondary N) is 2. The highest BCUT2D eigenvalue weighted by atomic mass is 16.3. The van der Waals surface area contributed by atoms with Crippen LogP contribution in [0.25, 0.3) is 0 Å². The van der Waals surface area contributed by atoms with Crippen LogP contribution >= 0.6 is 0 Å². The van der Waals surface area contributed by atoms with Gasteiger partial charge in [0.15, 0.2) is 5.78 Å². The van der Waals surface area contributed by atoms with Gasteiger partial charge in [-0.25, -0.2) is 0 Å².